The fourth-order valence-electron chi connectivity index (χ4n) is 4.04. The van der Waals surface area contributed by atoms with E-state index >= 15 is 0 Å². The molecule has 0 aromatic heterocycles. The van der Waals surface area contributed by atoms with Crippen molar-refractivity contribution in [3.63, 3.8) is 0 Å². The number of likely N-dealkylation sites (tertiary alicyclic amines) is 1. The molecule has 2 aliphatic heterocycles. The molecule has 3 atom stereocenters. The molecule has 0 radical (unpaired) electrons. The number of ether oxygens (including phenoxy) is 1. The zero-order chi connectivity index (χ0) is 18.0. The summed E-state index contributed by atoms with van der Waals surface area (Å²) in [5.74, 6) is 0.125. The first-order valence-corrected chi connectivity index (χ1v) is 9.61. The van der Waals surface area contributed by atoms with E-state index < -0.39 is 0 Å². The molecule has 138 valence electrons. The average molecular weight is 345 g/mol. The molecular weight excluding hydrogens is 314 g/mol. The molecule has 4 nitrogen and oxygen atoms in total. The zero-order valence-electron chi connectivity index (χ0n) is 15.7. The van der Waals surface area contributed by atoms with Gasteiger partial charge in [-0.1, -0.05) is 32.9 Å². The van der Waals surface area contributed by atoms with E-state index in [1.807, 2.05) is 17.0 Å². The van der Waals surface area contributed by atoms with Crippen molar-refractivity contribution in [1.82, 2.24) is 4.90 Å². The fraction of sp³-hybridized carbons (Fsp3) is 0.667. The lowest BCUT2D eigenvalue weighted by molar-refractivity contribution is -0.0589. The van der Waals surface area contributed by atoms with Gasteiger partial charge in [-0.3, -0.25) is 4.79 Å². The maximum Gasteiger partial charge on any atom is 0.254 e. The largest absolute Gasteiger partial charge is 0.393 e. The van der Waals surface area contributed by atoms with Crippen molar-refractivity contribution in [3.05, 3.63) is 35.4 Å². The van der Waals surface area contributed by atoms with Crippen molar-refractivity contribution < 1.29 is 14.6 Å². The molecule has 0 bridgehead atoms. The Hall–Kier alpha value is -1.39. The molecule has 2 aliphatic rings. The summed E-state index contributed by atoms with van der Waals surface area (Å²) in [6.45, 7) is 8.59. The molecule has 2 saturated heterocycles. The smallest absolute Gasteiger partial charge is 0.254 e. The van der Waals surface area contributed by atoms with Crippen LogP contribution in [0.25, 0.3) is 0 Å². The van der Waals surface area contributed by atoms with Crippen LogP contribution in [0.5, 0.6) is 0 Å². The van der Waals surface area contributed by atoms with Crippen molar-refractivity contribution in [2.75, 3.05) is 19.8 Å². The maximum atomic E-state index is 13.0. The minimum Gasteiger partial charge on any atom is -0.393 e. The number of rotatable bonds is 4. The highest BCUT2D eigenvalue weighted by Gasteiger charge is 2.39. The lowest BCUT2D eigenvalue weighted by Crippen LogP contribution is -2.48. The number of carbonyl (C=O) groups is 1. The summed E-state index contributed by atoms with van der Waals surface area (Å²) in [4.78, 5) is 15.0. The van der Waals surface area contributed by atoms with Crippen molar-refractivity contribution in [2.24, 2.45) is 5.92 Å². The van der Waals surface area contributed by atoms with Gasteiger partial charge in [0.2, 0.25) is 0 Å². The highest BCUT2D eigenvalue weighted by Crippen LogP contribution is 2.32. The van der Waals surface area contributed by atoms with E-state index in [0.717, 1.165) is 31.4 Å². The molecule has 3 rings (SSSR count). The van der Waals surface area contributed by atoms with Gasteiger partial charge in [-0.15, -0.1) is 0 Å². The predicted molar refractivity (Wildman–Crippen MR) is 98.8 cm³/mol. The number of benzene rings is 1. The van der Waals surface area contributed by atoms with Gasteiger partial charge in [0.05, 0.1) is 12.7 Å². The van der Waals surface area contributed by atoms with E-state index in [9.17, 15) is 9.90 Å². The number of nitrogens with zero attached hydrogens (tertiary/aromatic N) is 1. The second-order valence-corrected chi connectivity index (χ2v) is 8.12. The molecule has 0 unspecified atom stereocenters. The van der Waals surface area contributed by atoms with Crippen LogP contribution in [0.1, 0.15) is 62.4 Å². The van der Waals surface area contributed by atoms with Gasteiger partial charge in [0.1, 0.15) is 0 Å². The van der Waals surface area contributed by atoms with E-state index in [1.165, 1.54) is 5.56 Å². The van der Waals surface area contributed by atoms with Gasteiger partial charge in [0.25, 0.3) is 5.91 Å². The minimum atomic E-state index is -0.361. The summed E-state index contributed by atoms with van der Waals surface area (Å²) < 4.78 is 5.57. The number of hydrogen-bond acceptors (Lipinski definition) is 3. The highest BCUT2D eigenvalue weighted by atomic mass is 16.5. The molecular formula is C21H31NO3. The standard InChI is InChI=1S/C21H31NO3/c1-4-21(2,3)16-9-7-15(8-10-16)20(24)22-12-5-6-18(22)17-14-25-13-11-19(17)23/h7-10,17-19,23H,4-6,11-14H2,1-3H3/t17-,18-,19-/m1/s1. The van der Waals surface area contributed by atoms with Crippen LogP contribution in [0.2, 0.25) is 0 Å². The first-order valence-electron chi connectivity index (χ1n) is 9.61. The molecule has 0 aliphatic carbocycles. The SMILES string of the molecule is CCC(C)(C)c1ccc(C(=O)N2CCC[C@@H]2[C@H]2COCC[C@H]2O)cc1. The topological polar surface area (TPSA) is 49.8 Å². The van der Waals surface area contributed by atoms with Crippen molar-refractivity contribution in [1.29, 1.82) is 0 Å². The maximum absolute atomic E-state index is 13.0. The summed E-state index contributed by atoms with van der Waals surface area (Å²) >= 11 is 0. The van der Waals surface area contributed by atoms with E-state index in [2.05, 4.69) is 32.9 Å². The van der Waals surface area contributed by atoms with Crippen LogP contribution in [0.3, 0.4) is 0 Å². The third kappa shape index (κ3) is 3.75. The molecule has 2 fully saturated rings. The van der Waals surface area contributed by atoms with Gasteiger partial charge in [-0.05, 0) is 48.8 Å². The quantitative estimate of drug-likeness (QED) is 0.910. The normalized spacial score (nSPS) is 27.5. The predicted octanol–water partition coefficient (Wildman–Crippen LogP) is 3.38. The monoisotopic (exact) mass is 345 g/mol. The van der Waals surface area contributed by atoms with Crippen LogP contribution in [0.15, 0.2) is 24.3 Å². The third-order valence-corrected chi connectivity index (χ3v) is 6.21. The summed E-state index contributed by atoms with van der Waals surface area (Å²) in [5.41, 5.74) is 2.13. The number of amides is 1. The minimum absolute atomic E-state index is 0.0403. The van der Waals surface area contributed by atoms with Gasteiger partial charge in [0.15, 0.2) is 0 Å². The third-order valence-electron chi connectivity index (χ3n) is 6.21. The molecule has 25 heavy (non-hydrogen) atoms. The van der Waals surface area contributed by atoms with Crippen LogP contribution in [0.4, 0.5) is 0 Å². The molecule has 1 amide bonds. The van der Waals surface area contributed by atoms with E-state index in [0.29, 0.717) is 19.6 Å². The number of hydrogen-bond donors (Lipinski definition) is 1. The lowest BCUT2D eigenvalue weighted by Gasteiger charge is -2.37. The summed E-state index contributed by atoms with van der Waals surface area (Å²) in [5, 5.41) is 10.3. The summed E-state index contributed by atoms with van der Waals surface area (Å²) in [6, 6.07) is 8.17. The molecule has 0 saturated carbocycles. The summed E-state index contributed by atoms with van der Waals surface area (Å²) in [7, 11) is 0. The summed E-state index contributed by atoms with van der Waals surface area (Å²) in [6.07, 6.45) is 3.33. The Labute approximate surface area is 151 Å². The van der Waals surface area contributed by atoms with Gasteiger partial charge in [0, 0.05) is 30.7 Å². The van der Waals surface area contributed by atoms with Crippen LogP contribution in [0, 0.1) is 5.92 Å². The average Bonchev–Trinajstić information content (AvgIpc) is 3.11. The van der Waals surface area contributed by atoms with Crippen molar-refractivity contribution in [2.45, 2.75) is 64.0 Å². The molecule has 1 N–H and O–H groups in total. The van der Waals surface area contributed by atoms with Gasteiger partial charge >= 0.3 is 0 Å². The van der Waals surface area contributed by atoms with Crippen LogP contribution in [-0.2, 0) is 10.2 Å². The van der Waals surface area contributed by atoms with E-state index in [-0.39, 0.29) is 29.4 Å². The first kappa shape index (κ1) is 18.4. The Morgan fingerprint density at radius 2 is 2.00 bits per heavy atom. The Balaban J connectivity index is 1.75. The van der Waals surface area contributed by atoms with Crippen molar-refractivity contribution >= 4 is 5.91 Å². The Morgan fingerprint density at radius 1 is 1.28 bits per heavy atom. The second-order valence-electron chi connectivity index (χ2n) is 8.12. The first-order chi connectivity index (χ1) is 11.9. The second kappa shape index (κ2) is 7.46. The van der Waals surface area contributed by atoms with Gasteiger partial charge < -0.3 is 14.7 Å². The molecule has 0 spiro atoms. The van der Waals surface area contributed by atoms with Gasteiger partial charge in [-0.2, -0.15) is 0 Å². The van der Waals surface area contributed by atoms with Crippen LogP contribution >= 0.6 is 0 Å². The van der Waals surface area contributed by atoms with E-state index in [1.54, 1.807) is 0 Å². The van der Waals surface area contributed by atoms with Crippen LogP contribution in [-0.4, -0.2) is 47.8 Å². The Bertz CT molecular complexity index is 596. The number of aliphatic hydroxyl groups is 1. The molecule has 2 heterocycles. The van der Waals surface area contributed by atoms with E-state index in [4.69, 9.17) is 4.74 Å². The molecule has 4 heteroatoms. The highest BCUT2D eigenvalue weighted by molar-refractivity contribution is 5.94. The molecule has 1 aromatic carbocycles. The lowest BCUT2D eigenvalue weighted by atomic mass is 9.82. The zero-order valence-corrected chi connectivity index (χ0v) is 15.7. The Morgan fingerprint density at radius 3 is 2.64 bits per heavy atom. The molecule has 1 aromatic rings. The van der Waals surface area contributed by atoms with Crippen LogP contribution < -0.4 is 0 Å². The number of aliphatic hydroxyl groups excluding tert-OH is 1. The van der Waals surface area contributed by atoms with Crippen molar-refractivity contribution in [3.8, 4) is 0 Å². The van der Waals surface area contributed by atoms with Gasteiger partial charge in [-0.25, -0.2) is 0 Å². The number of carbonyl (C=O) groups excluding carboxylic acids is 1. The Kier molecular flexibility index (Phi) is 5.49. The fourth-order valence-corrected chi connectivity index (χ4v) is 4.04.